The van der Waals surface area contributed by atoms with Crippen molar-refractivity contribution in [1.82, 2.24) is 0 Å². The Morgan fingerprint density at radius 2 is 1.77 bits per heavy atom. The fraction of sp³-hybridized carbons (Fsp3) is 0.0952. The molecule has 1 amide bonds. The van der Waals surface area contributed by atoms with E-state index in [1.807, 2.05) is 0 Å². The zero-order valence-corrected chi connectivity index (χ0v) is 17.4. The molecule has 0 atom stereocenters. The number of methoxy groups -OCH3 is 1. The van der Waals surface area contributed by atoms with Crippen molar-refractivity contribution in [2.45, 2.75) is 11.3 Å². The van der Waals surface area contributed by atoms with E-state index in [1.54, 1.807) is 30.3 Å². The van der Waals surface area contributed by atoms with E-state index in [2.05, 4.69) is 10.0 Å². The van der Waals surface area contributed by atoms with Crippen LogP contribution in [0.1, 0.15) is 5.56 Å². The average molecular weight is 449 g/mol. The van der Waals surface area contributed by atoms with E-state index in [0.29, 0.717) is 16.3 Å². The first-order chi connectivity index (χ1) is 14.3. The number of ether oxygens (including phenoxy) is 1. The molecule has 3 aromatic rings. The summed E-state index contributed by atoms with van der Waals surface area (Å²) in [6.07, 6.45) is 0.0579. The van der Waals surface area contributed by atoms with Gasteiger partial charge in [0.25, 0.3) is 10.0 Å². The first kappa shape index (κ1) is 21.6. The number of anilines is 2. The molecular formula is C21H18ClFN2O4S. The number of hydrogen-bond acceptors (Lipinski definition) is 4. The molecule has 0 aliphatic carbocycles. The van der Waals surface area contributed by atoms with Gasteiger partial charge in [-0.2, -0.15) is 0 Å². The summed E-state index contributed by atoms with van der Waals surface area (Å²) >= 11 is 6.08. The normalized spacial score (nSPS) is 11.0. The van der Waals surface area contributed by atoms with Gasteiger partial charge in [-0.25, -0.2) is 12.8 Å². The second-order valence-corrected chi connectivity index (χ2v) is 8.38. The second-order valence-electron chi connectivity index (χ2n) is 6.29. The molecule has 0 aliphatic rings. The number of nitrogens with one attached hydrogen (secondary N) is 2. The number of benzene rings is 3. The summed E-state index contributed by atoms with van der Waals surface area (Å²) in [5, 5.41) is 3.19. The van der Waals surface area contributed by atoms with E-state index in [0.717, 1.165) is 24.3 Å². The lowest BCUT2D eigenvalue weighted by Crippen LogP contribution is -2.16. The van der Waals surface area contributed by atoms with Gasteiger partial charge in [0.1, 0.15) is 11.6 Å². The van der Waals surface area contributed by atoms with Crippen LogP contribution < -0.4 is 14.8 Å². The number of sulfonamides is 1. The van der Waals surface area contributed by atoms with E-state index < -0.39 is 15.8 Å². The molecule has 9 heteroatoms. The van der Waals surface area contributed by atoms with Crippen molar-refractivity contribution in [2.24, 2.45) is 0 Å². The molecular weight excluding hydrogens is 431 g/mol. The van der Waals surface area contributed by atoms with Crippen LogP contribution in [0.3, 0.4) is 0 Å². The first-order valence-electron chi connectivity index (χ1n) is 8.78. The summed E-state index contributed by atoms with van der Waals surface area (Å²) in [7, 11) is -2.60. The smallest absolute Gasteiger partial charge is 0.262 e. The molecule has 0 fully saturated rings. The Kier molecular flexibility index (Phi) is 6.59. The van der Waals surface area contributed by atoms with E-state index in [9.17, 15) is 17.6 Å². The van der Waals surface area contributed by atoms with Crippen LogP contribution in [0.5, 0.6) is 5.75 Å². The summed E-state index contributed by atoms with van der Waals surface area (Å²) < 4.78 is 45.9. The molecule has 0 aromatic heterocycles. The Hall–Kier alpha value is -3.10. The highest BCUT2D eigenvalue weighted by Crippen LogP contribution is 2.30. The van der Waals surface area contributed by atoms with Gasteiger partial charge < -0.3 is 10.1 Å². The van der Waals surface area contributed by atoms with Gasteiger partial charge in [0, 0.05) is 10.7 Å². The number of amides is 1. The number of halogens is 2. The van der Waals surface area contributed by atoms with Crippen molar-refractivity contribution in [3.8, 4) is 5.75 Å². The standard InChI is InChI=1S/C21H18ClFN2O4S/c1-29-20-11-8-16(24-21(26)12-14-4-2-3-5-18(14)22)13-19(20)25-30(27,28)17-9-6-15(23)7-10-17/h2-11,13,25H,12H2,1H3,(H,24,26). The van der Waals surface area contributed by atoms with Crippen LogP contribution in [0.4, 0.5) is 15.8 Å². The lowest BCUT2D eigenvalue weighted by Gasteiger charge is -2.14. The lowest BCUT2D eigenvalue weighted by atomic mass is 10.1. The molecule has 0 saturated carbocycles. The maximum Gasteiger partial charge on any atom is 0.262 e. The molecule has 0 radical (unpaired) electrons. The zero-order chi connectivity index (χ0) is 21.7. The Balaban J connectivity index is 1.80. The van der Waals surface area contributed by atoms with Crippen LogP contribution in [0.2, 0.25) is 5.02 Å². The van der Waals surface area contributed by atoms with E-state index in [-0.39, 0.29) is 28.7 Å². The molecule has 0 saturated heterocycles. The minimum Gasteiger partial charge on any atom is -0.495 e. The number of carbonyl (C=O) groups excluding carboxylic acids is 1. The Labute approximate surface area is 178 Å². The minimum absolute atomic E-state index is 0.0579. The van der Waals surface area contributed by atoms with Gasteiger partial charge in [0.2, 0.25) is 5.91 Å². The maximum absolute atomic E-state index is 13.1. The molecule has 6 nitrogen and oxygen atoms in total. The minimum atomic E-state index is -3.99. The molecule has 2 N–H and O–H groups in total. The molecule has 30 heavy (non-hydrogen) atoms. The summed E-state index contributed by atoms with van der Waals surface area (Å²) in [5.41, 5.74) is 1.16. The average Bonchev–Trinajstić information content (AvgIpc) is 2.70. The van der Waals surface area contributed by atoms with Gasteiger partial charge in [0.15, 0.2) is 0 Å². The quantitative estimate of drug-likeness (QED) is 0.558. The first-order valence-corrected chi connectivity index (χ1v) is 10.6. The van der Waals surface area contributed by atoms with Crippen molar-refractivity contribution in [1.29, 1.82) is 0 Å². The Bertz CT molecular complexity index is 1170. The third kappa shape index (κ3) is 5.28. The van der Waals surface area contributed by atoms with Crippen LogP contribution in [-0.2, 0) is 21.2 Å². The van der Waals surface area contributed by atoms with Gasteiger partial charge in [-0.3, -0.25) is 9.52 Å². The molecule has 0 heterocycles. The molecule has 0 aliphatic heterocycles. The highest BCUT2D eigenvalue weighted by Gasteiger charge is 2.17. The molecule has 156 valence electrons. The summed E-state index contributed by atoms with van der Waals surface area (Å²) in [5.74, 6) is -0.611. The van der Waals surface area contributed by atoms with E-state index in [1.165, 1.54) is 19.2 Å². The lowest BCUT2D eigenvalue weighted by molar-refractivity contribution is -0.115. The van der Waals surface area contributed by atoms with Gasteiger partial charge in [-0.15, -0.1) is 0 Å². The third-order valence-electron chi connectivity index (χ3n) is 4.16. The predicted octanol–water partition coefficient (Wildman–Crippen LogP) is 4.47. The zero-order valence-electron chi connectivity index (χ0n) is 15.9. The Morgan fingerprint density at radius 1 is 1.07 bits per heavy atom. The summed E-state index contributed by atoms with van der Waals surface area (Å²) in [4.78, 5) is 12.3. The SMILES string of the molecule is COc1ccc(NC(=O)Cc2ccccc2Cl)cc1NS(=O)(=O)c1ccc(F)cc1. The van der Waals surface area contributed by atoms with E-state index in [4.69, 9.17) is 16.3 Å². The predicted molar refractivity (Wildman–Crippen MR) is 114 cm³/mol. The van der Waals surface area contributed by atoms with Gasteiger partial charge in [-0.1, -0.05) is 29.8 Å². The van der Waals surface area contributed by atoms with Crippen LogP contribution >= 0.6 is 11.6 Å². The van der Waals surface area contributed by atoms with Gasteiger partial charge in [0.05, 0.1) is 24.1 Å². The number of rotatable bonds is 7. The monoisotopic (exact) mass is 448 g/mol. The van der Waals surface area contributed by atoms with E-state index >= 15 is 0 Å². The number of hydrogen-bond donors (Lipinski definition) is 2. The fourth-order valence-electron chi connectivity index (χ4n) is 2.70. The van der Waals surface area contributed by atoms with Crippen molar-refractivity contribution >= 4 is 38.9 Å². The Morgan fingerprint density at radius 3 is 2.43 bits per heavy atom. The van der Waals surface area contributed by atoms with Gasteiger partial charge in [-0.05, 0) is 54.1 Å². The van der Waals surface area contributed by atoms with Crippen LogP contribution in [0, 0.1) is 5.82 Å². The van der Waals surface area contributed by atoms with Crippen LogP contribution in [-0.4, -0.2) is 21.4 Å². The molecule has 0 unspecified atom stereocenters. The fourth-order valence-corrected chi connectivity index (χ4v) is 3.97. The third-order valence-corrected chi connectivity index (χ3v) is 5.91. The maximum atomic E-state index is 13.1. The van der Waals surface area contributed by atoms with Crippen LogP contribution in [0.25, 0.3) is 0 Å². The topological polar surface area (TPSA) is 84.5 Å². The van der Waals surface area contributed by atoms with Crippen molar-refractivity contribution < 1.29 is 22.3 Å². The summed E-state index contributed by atoms with van der Waals surface area (Å²) in [6, 6.07) is 15.9. The van der Waals surface area contributed by atoms with Crippen molar-refractivity contribution in [3.63, 3.8) is 0 Å². The second kappa shape index (κ2) is 9.15. The van der Waals surface area contributed by atoms with Crippen molar-refractivity contribution in [3.05, 3.63) is 83.1 Å². The number of carbonyl (C=O) groups is 1. The largest absolute Gasteiger partial charge is 0.495 e. The molecule has 0 spiro atoms. The summed E-state index contributed by atoms with van der Waals surface area (Å²) in [6.45, 7) is 0. The highest BCUT2D eigenvalue weighted by atomic mass is 35.5. The van der Waals surface area contributed by atoms with Crippen LogP contribution in [0.15, 0.2) is 71.6 Å². The molecule has 0 bridgehead atoms. The van der Waals surface area contributed by atoms with Gasteiger partial charge >= 0.3 is 0 Å². The molecule has 3 aromatic carbocycles. The van der Waals surface area contributed by atoms with Crippen molar-refractivity contribution in [2.75, 3.05) is 17.1 Å². The molecule has 3 rings (SSSR count). The highest BCUT2D eigenvalue weighted by molar-refractivity contribution is 7.92.